The molecule has 0 bridgehead atoms. The number of phosphoric acid groups is 2. The summed E-state index contributed by atoms with van der Waals surface area (Å²) in [5.41, 5.74) is 0. The number of ether oxygens (including phenoxy) is 2. The fraction of sp³-hybridized carbons (Fsp3) is 0.434. The minimum atomic E-state index is -4.82. The second-order valence-corrected chi connectivity index (χ2v) is 17.9. The molecule has 0 spiro atoms. The van der Waals surface area contributed by atoms with E-state index in [-0.39, 0.29) is 12.8 Å². The van der Waals surface area contributed by atoms with Crippen LogP contribution < -0.4 is 0 Å². The smallest absolute Gasteiger partial charge is 0.463 e. The van der Waals surface area contributed by atoms with Crippen LogP contribution in [-0.2, 0) is 46.3 Å². The first-order chi connectivity index (χ1) is 33.8. The van der Waals surface area contributed by atoms with Crippen molar-refractivity contribution >= 4 is 27.6 Å². The van der Waals surface area contributed by atoms with Crippen LogP contribution in [-0.4, -0.2) is 95.0 Å². The van der Waals surface area contributed by atoms with Crippen LogP contribution in [0.1, 0.15) is 90.9 Å². The number of phosphoric ester groups is 2. The molecular weight excluding hydrogens is 939 g/mol. The topological polar surface area (TPSA) is 225 Å². The third kappa shape index (κ3) is 48.4. The van der Waals surface area contributed by atoms with Crippen molar-refractivity contribution in [3.8, 4) is 0 Å². The number of esters is 2. The molecule has 390 valence electrons. The summed E-state index contributed by atoms with van der Waals surface area (Å²) in [6.07, 6.45) is 59.0. The van der Waals surface area contributed by atoms with Crippen LogP contribution in [0.5, 0.6) is 0 Å². The van der Waals surface area contributed by atoms with Gasteiger partial charge in [-0.1, -0.05) is 197 Å². The average molecular weight is 1020 g/mol. The van der Waals surface area contributed by atoms with E-state index in [1.165, 1.54) is 0 Å². The van der Waals surface area contributed by atoms with Gasteiger partial charge in [0, 0.05) is 12.8 Å². The van der Waals surface area contributed by atoms with Crippen LogP contribution in [0.3, 0.4) is 0 Å². The number of aliphatic hydroxyl groups excluding tert-OH is 3. The molecule has 0 amide bonds. The Morgan fingerprint density at radius 1 is 0.371 bits per heavy atom. The molecule has 4 atom stereocenters. The summed E-state index contributed by atoms with van der Waals surface area (Å²) in [4.78, 5) is 43.8. The van der Waals surface area contributed by atoms with Gasteiger partial charge in [-0.25, -0.2) is 9.13 Å². The molecule has 0 saturated carbocycles. The van der Waals surface area contributed by atoms with Gasteiger partial charge in [0.1, 0.15) is 31.5 Å². The van der Waals surface area contributed by atoms with Crippen molar-refractivity contribution in [3.05, 3.63) is 170 Å². The highest BCUT2D eigenvalue weighted by Crippen LogP contribution is 2.45. The number of carbonyl (C=O) groups excluding carboxylic acids is 2. The van der Waals surface area contributed by atoms with Gasteiger partial charge in [0.2, 0.25) is 0 Å². The van der Waals surface area contributed by atoms with E-state index in [2.05, 4.69) is 44.1 Å². The average Bonchev–Trinajstić information content (AvgIpc) is 3.34. The monoisotopic (exact) mass is 1020 g/mol. The van der Waals surface area contributed by atoms with Crippen LogP contribution in [0.15, 0.2) is 170 Å². The lowest BCUT2D eigenvalue weighted by atomic mass is 10.1. The molecule has 0 rings (SSSR count). The zero-order valence-electron chi connectivity index (χ0n) is 40.8. The molecule has 0 radical (unpaired) electrons. The summed E-state index contributed by atoms with van der Waals surface area (Å²) in [5.74, 6) is -1.10. The molecular formula is C53H78O15P2. The number of aliphatic hydroxyl groups is 3. The summed E-state index contributed by atoms with van der Waals surface area (Å²) < 4.78 is 52.9. The molecule has 15 nitrogen and oxygen atoms in total. The van der Waals surface area contributed by atoms with Crippen molar-refractivity contribution < 1.29 is 71.4 Å². The van der Waals surface area contributed by atoms with E-state index in [0.717, 1.165) is 51.4 Å². The molecule has 0 aromatic carbocycles. The third-order valence-corrected chi connectivity index (χ3v) is 10.5. The summed E-state index contributed by atoms with van der Waals surface area (Å²) in [5, 5.41) is 30.0. The van der Waals surface area contributed by atoms with Gasteiger partial charge in [-0.2, -0.15) is 0 Å². The van der Waals surface area contributed by atoms with Gasteiger partial charge in [0.05, 0.1) is 26.4 Å². The third-order valence-electron chi connectivity index (χ3n) is 8.56. The number of rotatable bonds is 42. The van der Waals surface area contributed by atoms with Gasteiger partial charge < -0.3 is 34.6 Å². The molecule has 4 unspecified atom stereocenters. The second-order valence-electron chi connectivity index (χ2n) is 15.0. The number of unbranched alkanes of at least 4 members (excludes halogenated alkanes) is 6. The Morgan fingerprint density at radius 2 is 0.614 bits per heavy atom. The second kappa shape index (κ2) is 46.8. The van der Waals surface area contributed by atoms with E-state index >= 15 is 0 Å². The maximum Gasteiger partial charge on any atom is 0.472 e. The van der Waals surface area contributed by atoms with Gasteiger partial charge in [-0.3, -0.25) is 27.7 Å². The van der Waals surface area contributed by atoms with Crippen LogP contribution >= 0.6 is 15.6 Å². The van der Waals surface area contributed by atoms with Crippen LogP contribution in [0.2, 0.25) is 0 Å². The highest BCUT2D eigenvalue weighted by Gasteiger charge is 2.28. The molecule has 0 aliphatic rings. The van der Waals surface area contributed by atoms with E-state index in [1.54, 1.807) is 0 Å². The first kappa shape index (κ1) is 65.4. The van der Waals surface area contributed by atoms with Crippen molar-refractivity contribution in [2.75, 3.05) is 39.6 Å². The fourth-order valence-corrected chi connectivity index (χ4v) is 6.53. The Labute approximate surface area is 416 Å². The van der Waals surface area contributed by atoms with Crippen LogP contribution in [0, 0.1) is 0 Å². The highest BCUT2D eigenvalue weighted by molar-refractivity contribution is 7.47. The predicted molar refractivity (Wildman–Crippen MR) is 278 cm³/mol. The van der Waals surface area contributed by atoms with E-state index < -0.39 is 85.5 Å². The zero-order valence-corrected chi connectivity index (χ0v) is 42.6. The van der Waals surface area contributed by atoms with Crippen molar-refractivity contribution in [2.24, 2.45) is 0 Å². The molecule has 0 aliphatic heterocycles. The molecule has 0 aromatic heterocycles. The maximum atomic E-state index is 12.2. The largest absolute Gasteiger partial charge is 0.472 e. The maximum absolute atomic E-state index is 12.2. The minimum Gasteiger partial charge on any atom is -0.463 e. The van der Waals surface area contributed by atoms with E-state index in [9.17, 15) is 43.8 Å². The molecule has 70 heavy (non-hydrogen) atoms. The van der Waals surface area contributed by atoms with Gasteiger partial charge in [0.15, 0.2) is 0 Å². The number of allylic oxidation sites excluding steroid dienone is 28. The van der Waals surface area contributed by atoms with E-state index in [0.29, 0.717) is 12.8 Å². The minimum absolute atomic E-state index is 0.132. The van der Waals surface area contributed by atoms with E-state index in [4.69, 9.17) is 9.47 Å². The molecule has 0 fully saturated rings. The summed E-state index contributed by atoms with van der Waals surface area (Å²) in [6.45, 7) is -0.0529. The quantitative estimate of drug-likeness (QED) is 0.0166. The standard InChI is InChI=1S/C53H78O15P2/c1-3-5-7-9-11-13-15-17-19-21-23-25-27-29-31-33-35-37-39-41-52(57)63-43-49(54)45-65-69(59,60)67-47-51(56)48-68-70(61,62)66-46-50(55)44-64-53(58)42-40-38-36-34-32-30-28-26-24-22-20-18-16-14-12-10-8-6-4-2/h5-32,49-51,54-56H,3-4,33-48H2,1-2H3,(H,59,60)(H,61,62)/b7-5+,8-6+,11-9+,12-10+,15-13-,16-14-,19-17+,20-18+,23-21+,24-22+,27-25+,28-26+,31-29+,32-30+. The van der Waals surface area contributed by atoms with Crippen molar-refractivity contribution in [1.29, 1.82) is 0 Å². The summed E-state index contributed by atoms with van der Waals surface area (Å²) in [7, 11) is -9.63. The molecule has 5 N–H and O–H groups in total. The van der Waals surface area contributed by atoms with Crippen molar-refractivity contribution in [2.45, 2.75) is 109 Å². The molecule has 0 aromatic rings. The summed E-state index contributed by atoms with van der Waals surface area (Å²) in [6, 6.07) is 0. The van der Waals surface area contributed by atoms with Crippen molar-refractivity contribution in [3.63, 3.8) is 0 Å². The predicted octanol–water partition coefficient (Wildman–Crippen LogP) is 10.9. The Balaban J connectivity index is 4.06. The Hall–Kier alpha value is -4.60. The molecule has 0 aliphatic carbocycles. The zero-order chi connectivity index (χ0) is 51.7. The first-order valence-corrected chi connectivity index (χ1v) is 26.7. The van der Waals surface area contributed by atoms with Crippen LogP contribution in [0.4, 0.5) is 0 Å². The van der Waals surface area contributed by atoms with Gasteiger partial charge in [-0.15, -0.1) is 0 Å². The molecule has 0 heterocycles. The van der Waals surface area contributed by atoms with Crippen LogP contribution in [0.25, 0.3) is 0 Å². The molecule has 0 saturated heterocycles. The Morgan fingerprint density at radius 3 is 0.886 bits per heavy atom. The van der Waals surface area contributed by atoms with Crippen molar-refractivity contribution in [1.82, 2.24) is 0 Å². The van der Waals surface area contributed by atoms with Gasteiger partial charge in [0.25, 0.3) is 0 Å². The molecule has 17 heteroatoms. The Bertz CT molecular complexity index is 1770. The Kier molecular flexibility index (Phi) is 43.7. The van der Waals surface area contributed by atoms with E-state index in [1.807, 2.05) is 158 Å². The summed E-state index contributed by atoms with van der Waals surface area (Å²) >= 11 is 0. The highest BCUT2D eigenvalue weighted by atomic mass is 31.2. The fourth-order valence-electron chi connectivity index (χ4n) is 4.94. The lowest BCUT2D eigenvalue weighted by Gasteiger charge is -2.19. The van der Waals surface area contributed by atoms with Gasteiger partial charge >= 0.3 is 27.6 Å². The first-order valence-electron chi connectivity index (χ1n) is 23.7. The SMILES string of the molecule is CC/C=C/C=C/C=C\C=C\C=C\C=C\C=C\CCCCCC(=O)OCC(O)COP(=O)(O)OCC(O)COP(=O)(O)OCC(O)COC(=O)CCCCC/C=C/C=C/C=C/C=C/C=C\C=C\C=C\CC. The van der Waals surface area contributed by atoms with Gasteiger partial charge in [-0.05, 0) is 51.4 Å². The lowest BCUT2D eigenvalue weighted by molar-refractivity contribution is -0.148. The number of hydrogen-bond donors (Lipinski definition) is 5. The lowest BCUT2D eigenvalue weighted by Crippen LogP contribution is -2.25. The normalized spacial score (nSPS) is 16.4. The number of carbonyl (C=O) groups is 2. The number of hydrogen-bond acceptors (Lipinski definition) is 13.